The second-order valence-corrected chi connectivity index (χ2v) is 12.7. The van der Waals surface area contributed by atoms with Gasteiger partial charge in [-0.3, -0.25) is 29.4 Å². The first-order valence-electron chi connectivity index (χ1n) is 13.9. The maximum atomic E-state index is 14.5. The summed E-state index contributed by atoms with van der Waals surface area (Å²) in [5.41, 5.74) is -1.69. The quantitative estimate of drug-likeness (QED) is 0.505. The number of amides is 2. The lowest BCUT2D eigenvalue weighted by Gasteiger charge is -2.42. The molecule has 2 N–H and O–H groups in total. The number of likely N-dealkylation sites (tertiary alicyclic amines) is 1. The van der Waals surface area contributed by atoms with Crippen LogP contribution < -0.4 is 10.2 Å². The number of nitrogens with one attached hydrogen (secondary N) is 1. The molecule has 0 radical (unpaired) electrons. The molecule has 2 fully saturated rings. The van der Waals surface area contributed by atoms with Gasteiger partial charge < -0.3 is 10.4 Å². The summed E-state index contributed by atoms with van der Waals surface area (Å²) in [5.74, 6) is -3.95. The summed E-state index contributed by atoms with van der Waals surface area (Å²) in [6.45, 7) is 9.23. The molecule has 0 bridgehead atoms. The van der Waals surface area contributed by atoms with Crippen LogP contribution in [0, 0.1) is 11.5 Å². The number of benzene rings is 1. The van der Waals surface area contributed by atoms with Gasteiger partial charge in [-0.15, -0.1) is 0 Å². The second-order valence-electron chi connectivity index (χ2n) is 12.7. The second kappa shape index (κ2) is 11.0. The topological polar surface area (TPSA) is 122 Å². The Hall–Kier alpha value is -3.65. The van der Waals surface area contributed by atoms with Crippen LogP contribution in [0.5, 0.6) is 0 Å². The number of hydrogen-bond donors (Lipinski definition) is 2. The third-order valence-electron chi connectivity index (χ3n) is 8.15. The minimum absolute atomic E-state index is 0.0220. The summed E-state index contributed by atoms with van der Waals surface area (Å²) in [4.78, 5) is 39.8. The molecule has 0 spiro atoms. The Morgan fingerprint density at radius 3 is 2.32 bits per heavy atom. The normalized spacial score (nSPS) is 24.3. The lowest BCUT2D eigenvalue weighted by molar-refractivity contribution is -0.133. The van der Waals surface area contributed by atoms with E-state index in [9.17, 15) is 28.7 Å². The Bertz CT molecular complexity index is 1300. The van der Waals surface area contributed by atoms with Crippen LogP contribution in [0.4, 0.5) is 14.5 Å². The van der Waals surface area contributed by atoms with Crippen molar-refractivity contribution < 1.29 is 23.5 Å². The number of hydrogen-bond acceptors (Lipinski definition) is 7. The minimum atomic E-state index is -2.77. The average molecular weight is 569 g/mol. The highest BCUT2D eigenvalue weighted by Crippen LogP contribution is 2.39. The van der Waals surface area contributed by atoms with Crippen molar-refractivity contribution in [2.45, 2.75) is 101 Å². The van der Waals surface area contributed by atoms with Crippen LogP contribution >= 0.6 is 0 Å². The lowest BCUT2D eigenvalue weighted by Crippen LogP contribution is -2.62. The summed E-state index contributed by atoms with van der Waals surface area (Å²) >= 11 is 0. The van der Waals surface area contributed by atoms with E-state index in [0.717, 1.165) is 5.56 Å². The molecular formula is C30H38F2N6O3. The summed E-state index contributed by atoms with van der Waals surface area (Å²) < 4.78 is 27.7. The van der Waals surface area contributed by atoms with E-state index >= 15 is 0 Å². The standard InChI is InChI=1S/C30H38F2N6O3/c1-27(2,3)20-6-8-22(9-7-20)38(25(39)23-16-28(4,41)18-37(23)19-33)29(5,24-17-34-14-15-35-24)26(40)36-21-10-12-30(31,32)13-11-21/h6-9,14-15,17,21,23,41H,10-13,16,18H2,1-5H3,(H,36,40)/t23-,28-,29?/m1/s1. The highest BCUT2D eigenvalue weighted by molar-refractivity contribution is 6.06. The summed E-state index contributed by atoms with van der Waals surface area (Å²) in [5, 5.41) is 23.5. The monoisotopic (exact) mass is 568 g/mol. The zero-order valence-electron chi connectivity index (χ0n) is 24.2. The number of β-amino-alcohol motifs (C(OH)–C–C–N with tert-alkyl or cyclic N) is 1. The van der Waals surface area contributed by atoms with Gasteiger partial charge in [0.05, 0.1) is 24.0 Å². The molecule has 1 aliphatic heterocycles. The number of nitriles is 1. The number of alkyl halides is 2. The smallest absolute Gasteiger partial charge is 0.252 e. The molecule has 2 aromatic rings. The van der Waals surface area contributed by atoms with Crippen LogP contribution in [-0.4, -0.2) is 61.9 Å². The van der Waals surface area contributed by atoms with Crippen LogP contribution in [0.15, 0.2) is 42.9 Å². The predicted octanol–water partition coefficient (Wildman–Crippen LogP) is 4.02. The van der Waals surface area contributed by atoms with Crippen molar-refractivity contribution in [3.8, 4) is 6.19 Å². The first kappa shape index (κ1) is 30.3. The molecule has 2 aliphatic rings. The number of aliphatic hydroxyl groups is 1. The van der Waals surface area contributed by atoms with Crippen LogP contribution in [0.2, 0.25) is 0 Å². The fourth-order valence-corrected chi connectivity index (χ4v) is 5.65. The number of aromatic nitrogens is 2. The molecule has 220 valence electrons. The zero-order valence-corrected chi connectivity index (χ0v) is 24.2. The van der Waals surface area contributed by atoms with E-state index in [-0.39, 0.29) is 49.8 Å². The Labute approximate surface area is 239 Å². The van der Waals surface area contributed by atoms with Crippen LogP contribution in [-0.2, 0) is 20.5 Å². The molecule has 11 heteroatoms. The van der Waals surface area contributed by atoms with Gasteiger partial charge in [0, 0.05) is 43.4 Å². The molecule has 1 unspecified atom stereocenters. The van der Waals surface area contributed by atoms with E-state index in [4.69, 9.17) is 0 Å². The highest BCUT2D eigenvalue weighted by Gasteiger charge is 2.52. The van der Waals surface area contributed by atoms with E-state index in [1.54, 1.807) is 26.0 Å². The van der Waals surface area contributed by atoms with Gasteiger partial charge in [0.15, 0.2) is 11.7 Å². The summed E-state index contributed by atoms with van der Waals surface area (Å²) in [6.07, 6.45) is 5.74. The number of anilines is 1. The van der Waals surface area contributed by atoms with E-state index < -0.39 is 41.0 Å². The van der Waals surface area contributed by atoms with Crippen LogP contribution in [0.25, 0.3) is 0 Å². The fraction of sp³-hybridized carbons (Fsp3) is 0.567. The number of nitrogens with zero attached hydrogens (tertiary/aromatic N) is 5. The van der Waals surface area contributed by atoms with E-state index in [2.05, 4.69) is 36.1 Å². The molecule has 1 saturated heterocycles. The Balaban J connectivity index is 1.83. The van der Waals surface area contributed by atoms with E-state index in [1.807, 2.05) is 18.3 Å². The first-order chi connectivity index (χ1) is 19.1. The van der Waals surface area contributed by atoms with Gasteiger partial charge in [0.2, 0.25) is 5.92 Å². The van der Waals surface area contributed by atoms with Gasteiger partial charge in [-0.2, -0.15) is 5.26 Å². The third-order valence-corrected chi connectivity index (χ3v) is 8.15. The number of carbonyl (C=O) groups is 2. The fourth-order valence-electron chi connectivity index (χ4n) is 5.65. The van der Waals surface area contributed by atoms with Crippen LogP contribution in [0.3, 0.4) is 0 Å². The van der Waals surface area contributed by atoms with Gasteiger partial charge in [-0.25, -0.2) is 8.78 Å². The number of rotatable bonds is 6. The minimum Gasteiger partial charge on any atom is -0.388 e. The molecule has 3 atom stereocenters. The third kappa shape index (κ3) is 6.32. The van der Waals surface area contributed by atoms with Crippen molar-refractivity contribution in [2.75, 3.05) is 11.4 Å². The van der Waals surface area contributed by atoms with Crippen molar-refractivity contribution in [3.05, 3.63) is 54.1 Å². The van der Waals surface area contributed by atoms with E-state index in [0.29, 0.717) is 5.69 Å². The predicted molar refractivity (Wildman–Crippen MR) is 149 cm³/mol. The molecule has 4 rings (SSSR count). The van der Waals surface area contributed by atoms with Gasteiger partial charge in [-0.05, 0) is 49.8 Å². The van der Waals surface area contributed by atoms with Crippen molar-refractivity contribution in [3.63, 3.8) is 0 Å². The van der Waals surface area contributed by atoms with Crippen molar-refractivity contribution in [2.24, 2.45) is 0 Å². The van der Waals surface area contributed by atoms with Crippen LogP contribution in [0.1, 0.15) is 78.0 Å². The molecule has 1 aromatic carbocycles. The SMILES string of the molecule is CC(C)(C)c1ccc(N(C(=O)[C@H]2C[C@@](C)(O)CN2C#N)C(C)(C(=O)NC2CCC(F)(F)CC2)c2cnccn2)cc1. The molecule has 2 heterocycles. The van der Waals surface area contributed by atoms with Crippen molar-refractivity contribution in [1.29, 1.82) is 5.26 Å². The van der Waals surface area contributed by atoms with Gasteiger partial charge in [0.25, 0.3) is 11.8 Å². The molecule has 1 saturated carbocycles. The highest BCUT2D eigenvalue weighted by atomic mass is 19.3. The summed E-state index contributed by atoms with van der Waals surface area (Å²) in [6, 6.07) is 5.67. The molecule has 1 aromatic heterocycles. The Morgan fingerprint density at radius 1 is 1.15 bits per heavy atom. The molecule has 2 amide bonds. The zero-order chi connectivity index (χ0) is 30.2. The van der Waals surface area contributed by atoms with Gasteiger partial charge >= 0.3 is 0 Å². The maximum Gasteiger partial charge on any atom is 0.252 e. The number of halogens is 2. The maximum absolute atomic E-state index is 14.5. The van der Waals surface area contributed by atoms with Crippen molar-refractivity contribution >= 4 is 17.5 Å². The molecule has 1 aliphatic carbocycles. The lowest BCUT2D eigenvalue weighted by atomic mass is 9.86. The van der Waals surface area contributed by atoms with Crippen molar-refractivity contribution in [1.82, 2.24) is 20.2 Å². The van der Waals surface area contributed by atoms with E-state index in [1.165, 1.54) is 28.4 Å². The number of carbonyl (C=O) groups excluding carboxylic acids is 2. The summed E-state index contributed by atoms with van der Waals surface area (Å²) in [7, 11) is 0. The molecule has 9 nitrogen and oxygen atoms in total. The largest absolute Gasteiger partial charge is 0.388 e. The Morgan fingerprint density at radius 2 is 1.78 bits per heavy atom. The molecular weight excluding hydrogens is 530 g/mol. The van der Waals surface area contributed by atoms with Gasteiger partial charge in [0.1, 0.15) is 6.04 Å². The average Bonchev–Trinajstić information content (AvgIpc) is 3.24. The molecule has 41 heavy (non-hydrogen) atoms. The first-order valence-corrected chi connectivity index (χ1v) is 13.9. The Kier molecular flexibility index (Phi) is 8.11. The van der Waals surface area contributed by atoms with Gasteiger partial charge in [-0.1, -0.05) is 32.9 Å².